The number of hydrogen-bond donors (Lipinski definition) is 2. The second kappa shape index (κ2) is 40.7. The molecule has 0 fully saturated rings. The third-order valence-corrected chi connectivity index (χ3v) is 9.85. The molecule has 0 spiro atoms. The highest BCUT2D eigenvalue weighted by Gasteiger charge is 2.27. The van der Waals surface area contributed by atoms with Crippen LogP contribution in [0.5, 0.6) is 0 Å². The van der Waals surface area contributed by atoms with Gasteiger partial charge in [0.2, 0.25) is 0 Å². The topological polar surface area (TPSA) is 129 Å². The van der Waals surface area contributed by atoms with Gasteiger partial charge < -0.3 is 24.0 Å². The Morgan fingerprint density at radius 1 is 0.590 bits per heavy atom. The maximum atomic E-state index is 12.7. The zero-order chi connectivity index (χ0) is 45.1. The number of phosphoric ester groups is 1. The van der Waals surface area contributed by atoms with Crippen molar-refractivity contribution in [3.8, 4) is 0 Å². The standard InChI is InChI=1S/C50H82NO9P/c1-6-8-10-12-14-16-17-18-19-20-21-22-23-24-25-27-29-33-37-41-49(53)57-45-48(46-59-61(55,56)58-44-43-51(3,4)5)60-50(54)42-38-34-30-32-36-40-47(52)39-35-31-28-26-15-13-11-9-7-2/h14-16,18-19,21-22,24-26,29-33,35-36,40,47-48,52H,6-13,17,20,23,27-28,34,37-39,41-46H2,1-5H3/p+1/b16-14-,19-18-,22-21-,25-24-,26-15-,32-30+,33-29-,35-31-,40-36-/t47?,48-/m1/s1. The summed E-state index contributed by atoms with van der Waals surface area (Å²) < 4.78 is 34.1. The van der Waals surface area contributed by atoms with E-state index in [1.807, 2.05) is 51.5 Å². The fraction of sp³-hybridized carbons (Fsp3) is 0.600. The predicted molar refractivity (Wildman–Crippen MR) is 253 cm³/mol. The number of hydrogen-bond acceptors (Lipinski definition) is 8. The number of phosphoric acid groups is 1. The lowest BCUT2D eigenvalue weighted by Gasteiger charge is -2.24. The van der Waals surface area contributed by atoms with Gasteiger partial charge in [0.05, 0.1) is 33.9 Å². The molecular formula is C50H83NO9P+. The van der Waals surface area contributed by atoms with Crippen LogP contribution in [0.1, 0.15) is 136 Å². The molecule has 0 amide bonds. The van der Waals surface area contributed by atoms with Crippen LogP contribution in [-0.4, -0.2) is 86.1 Å². The molecule has 61 heavy (non-hydrogen) atoms. The fourth-order valence-electron chi connectivity index (χ4n) is 5.24. The van der Waals surface area contributed by atoms with Crippen molar-refractivity contribution in [1.82, 2.24) is 0 Å². The summed E-state index contributed by atoms with van der Waals surface area (Å²) in [4.78, 5) is 35.3. The van der Waals surface area contributed by atoms with E-state index in [2.05, 4.69) is 80.7 Å². The molecule has 10 nitrogen and oxygen atoms in total. The number of ether oxygens (including phenoxy) is 2. The Morgan fingerprint density at radius 2 is 1.10 bits per heavy atom. The molecule has 0 saturated carbocycles. The molecule has 2 unspecified atom stereocenters. The number of nitrogens with zero attached hydrogens (tertiary/aromatic N) is 1. The van der Waals surface area contributed by atoms with Crippen LogP contribution in [0.2, 0.25) is 0 Å². The van der Waals surface area contributed by atoms with Gasteiger partial charge in [-0.1, -0.05) is 149 Å². The summed E-state index contributed by atoms with van der Waals surface area (Å²) in [6.07, 6.45) is 51.8. The van der Waals surface area contributed by atoms with E-state index in [1.54, 1.807) is 12.2 Å². The molecule has 0 radical (unpaired) electrons. The van der Waals surface area contributed by atoms with Crippen LogP contribution < -0.4 is 0 Å². The number of unbranched alkanes of at least 4 members (excludes halogenated alkanes) is 7. The predicted octanol–water partition coefficient (Wildman–Crippen LogP) is 12.1. The van der Waals surface area contributed by atoms with Crippen molar-refractivity contribution < 1.29 is 47.2 Å². The first-order valence-corrected chi connectivity index (χ1v) is 24.2. The Hall–Kier alpha value is -3.37. The minimum atomic E-state index is -4.44. The van der Waals surface area contributed by atoms with E-state index in [9.17, 15) is 24.2 Å². The Morgan fingerprint density at radius 3 is 1.64 bits per heavy atom. The average Bonchev–Trinajstić information content (AvgIpc) is 3.21. The van der Waals surface area contributed by atoms with Crippen molar-refractivity contribution in [1.29, 1.82) is 0 Å². The maximum Gasteiger partial charge on any atom is 0.472 e. The third kappa shape index (κ3) is 44.5. The van der Waals surface area contributed by atoms with Crippen LogP contribution in [0.15, 0.2) is 109 Å². The summed E-state index contributed by atoms with van der Waals surface area (Å²) in [5.41, 5.74) is 0. The highest BCUT2D eigenvalue weighted by molar-refractivity contribution is 7.47. The number of carbonyl (C=O) groups is 2. The van der Waals surface area contributed by atoms with Crippen LogP contribution in [-0.2, 0) is 32.7 Å². The Labute approximate surface area is 370 Å². The van der Waals surface area contributed by atoms with Crippen molar-refractivity contribution in [3.63, 3.8) is 0 Å². The molecule has 0 heterocycles. The molecular weight excluding hydrogens is 790 g/mol. The number of aliphatic hydroxyl groups excluding tert-OH is 1. The van der Waals surface area contributed by atoms with E-state index >= 15 is 0 Å². The number of quaternary nitrogens is 1. The molecule has 3 atom stereocenters. The molecule has 2 N–H and O–H groups in total. The van der Waals surface area contributed by atoms with Crippen molar-refractivity contribution in [2.24, 2.45) is 0 Å². The second-order valence-electron chi connectivity index (χ2n) is 15.9. The number of likely N-dealkylation sites (N-methyl/N-ethyl adjacent to an activating group) is 1. The molecule has 0 aliphatic rings. The zero-order valence-corrected chi connectivity index (χ0v) is 39.4. The first-order chi connectivity index (χ1) is 29.4. The van der Waals surface area contributed by atoms with Gasteiger partial charge in [0.25, 0.3) is 0 Å². The van der Waals surface area contributed by atoms with Gasteiger partial charge in [-0.3, -0.25) is 18.6 Å². The van der Waals surface area contributed by atoms with Crippen LogP contribution in [0.3, 0.4) is 0 Å². The number of aliphatic hydroxyl groups is 1. The van der Waals surface area contributed by atoms with Crippen LogP contribution in [0.4, 0.5) is 0 Å². The highest BCUT2D eigenvalue weighted by atomic mass is 31.2. The first-order valence-electron chi connectivity index (χ1n) is 22.7. The second-order valence-corrected chi connectivity index (χ2v) is 17.4. The van der Waals surface area contributed by atoms with Gasteiger partial charge in [-0.2, -0.15) is 0 Å². The lowest BCUT2D eigenvalue weighted by Crippen LogP contribution is -2.37. The molecule has 0 aromatic heterocycles. The van der Waals surface area contributed by atoms with Gasteiger partial charge in [0.15, 0.2) is 6.10 Å². The Balaban J connectivity index is 4.66. The minimum absolute atomic E-state index is 0.0114. The van der Waals surface area contributed by atoms with E-state index in [4.69, 9.17) is 18.5 Å². The van der Waals surface area contributed by atoms with E-state index in [-0.39, 0.29) is 26.1 Å². The largest absolute Gasteiger partial charge is 0.472 e. The van der Waals surface area contributed by atoms with Gasteiger partial charge in [-0.25, -0.2) is 4.57 Å². The zero-order valence-electron chi connectivity index (χ0n) is 38.5. The van der Waals surface area contributed by atoms with Crippen LogP contribution in [0.25, 0.3) is 0 Å². The summed E-state index contributed by atoms with van der Waals surface area (Å²) in [5, 5.41) is 10.2. The fourth-order valence-corrected chi connectivity index (χ4v) is 5.99. The van der Waals surface area contributed by atoms with Gasteiger partial charge in [0.1, 0.15) is 19.8 Å². The van der Waals surface area contributed by atoms with Crippen molar-refractivity contribution in [3.05, 3.63) is 109 Å². The third-order valence-electron chi connectivity index (χ3n) is 8.87. The monoisotopic (exact) mass is 873 g/mol. The molecule has 0 aromatic carbocycles. The van der Waals surface area contributed by atoms with Gasteiger partial charge >= 0.3 is 19.8 Å². The van der Waals surface area contributed by atoms with E-state index in [0.717, 1.165) is 38.5 Å². The number of rotatable bonds is 39. The molecule has 0 bridgehead atoms. The van der Waals surface area contributed by atoms with Crippen molar-refractivity contribution >= 4 is 19.8 Å². The van der Waals surface area contributed by atoms with Crippen LogP contribution in [0, 0.1) is 0 Å². The highest BCUT2D eigenvalue weighted by Crippen LogP contribution is 2.43. The summed E-state index contributed by atoms with van der Waals surface area (Å²) >= 11 is 0. The minimum Gasteiger partial charge on any atom is -0.462 e. The summed E-state index contributed by atoms with van der Waals surface area (Å²) in [6, 6.07) is 0. The quantitative estimate of drug-likeness (QED) is 0.0155. The summed E-state index contributed by atoms with van der Waals surface area (Å²) in [5.74, 6) is -1.04. The van der Waals surface area contributed by atoms with Gasteiger partial charge in [-0.15, -0.1) is 0 Å². The lowest BCUT2D eigenvalue weighted by atomic mass is 10.2. The Kier molecular flexibility index (Phi) is 38.4. The van der Waals surface area contributed by atoms with Crippen molar-refractivity contribution in [2.45, 2.75) is 148 Å². The Bertz CT molecular complexity index is 1420. The number of allylic oxidation sites excluding steroid dienone is 16. The van der Waals surface area contributed by atoms with E-state index in [1.165, 1.54) is 44.9 Å². The first kappa shape index (κ1) is 57.6. The van der Waals surface area contributed by atoms with Gasteiger partial charge in [-0.05, 0) is 83.5 Å². The molecule has 346 valence electrons. The van der Waals surface area contributed by atoms with E-state index in [0.29, 0.717) is 36.7 Å². The molecule has 0 aliphatic carbocycles. The number of esters is 2. The normalized spacial score (nSPS) is 15.1. The SMILES string of the molecule is CCCCC/C=C\C/C=C\C/C=C\C/C=C\C/C=C\CCC(=O)OC[C@H](COP(=O)(O)OCC[N+](C)(C)C)OC(=O)CCC/C=C/C=C\C(O)C/C=C\C/C=C\CCCCC. The molecule has 0 saturated heterocycles. The molecule has 0 aromatic rings. The number of carbonyl (C=O) groups excluding carboxylic acids is 2. The molecule has 0 rings (SSSR count). The van der Waals surface area contributed by atoms with Crippen LogP contribution >= 0.6 is 7.82 Å². The maximum absolute atomic E-state index is 12.7. The summed E-state index contributed by atoms with van der Waals surface area (Å²) in [7, 11) is 1.33. The molecule has 11 heteroatoms. The molecule has 0 aliphatic heterocycles. The lowest BCUT2D eigenvalue weighted by molar-refractivity contribution is -0.870. The summed E-state index contributed by atoms with van der Waals surface area (Å²) in [6.45, 7) is 4.08. The van der Waals surface area contributed by atoms with E-state index < -0.39 is 38.6 Å². The van der Waals surface area contributed by atoms with Gasteiger partial charge in [0, 0.05) is 12.8 Å². The van der Waals surface area contributed by atoms with Crippen molar-refractivity contribution in [2.75, 3.05) is 47.5 Å². The average molecular weight is 873 g/mol. The smallest absolute Gasteiger partial charge is 0.462 e.